The largest absolute Gasteiger partial charge is 0.357 e. The molecule has 1 atom stereocenters. The standard InChI is InChI=1S/C15H22N4/c1-2-16-11-13-5-4-9-18(12-13)15-7-3-6-14-17-8-10-19(14)15/h3,6-8,10,13,16H,2,4-5,9,11-12H2,1H3. The Balaban J connectivity index is 1.79. The lowest BCUT2D eigenvalue weighted by atomic mass is 9.98. The fourth-order valence-corrected chi connectivity index (χ4v) is 2.98. The van der Waals surface area contributed by atoms with Crippen LogP contribution in [0.4, 0.5) is 5.82 Å². The van der Waals surface area contributed by atoms with Crippen molar-refractivity contribution in [3.8, 4) is 0 Å². The van der Waals surface area contributed by atoms with Crippen LogP contribution in [0.1, 0.15) is 19.8 Å². The Labute approximate surface area is 114 Å². The summed E-state index contributed by atoms with van der Waals surface area (Å²) < 4.78 is 2.19. The van der Waals surface area contributed by atoms with E-state index in [0.717, 1.165) is 37.7 Å². The van der Waals surface area contributed by atoms with E-state index in [1.165, 1.54) is 18.7 Å². The number of hydrogen-bond donors (Lipinski definition) is 1. The van der Waals surface area contributed by atoms with Crippen LogP contribution in [0.15, 0.2) is 30.6 Å². The summed E-state index contributed by atoms with van der Waals surface area (Å²) in [4.78, 5) is 6.87. The van der Waals surface area contributed by atoms with Crippen molar-refractivity contribution in [2.75, 3.05) is 31.1 Å². The second-order valence-electron chi connectivity index (χ2n) is 5.30. The number of piperidine rings is 1. The van der Waals surface area contributed by atoms with Crippen molar-refractivity contribution in [2.45, 2.75) is 19.8 Å². The van der Waals surface area contributed by atoms with Crippen molar-refractivity contribution < 1.29 is 0 Å². The topological polar surface area (TPSA) is 32.6 Å². The van der Waals surface area contributed by atoms with Crippen LogP contribution in [0.25, 0.3) is 5.65 Å². The molecule has 1 unspecified atom stereocenters. The fourth-order valence-electron chi connectivity index (χ4n) is 2.98. The quantitative estimate of drug-likeness (QED) is 0.912. The predicted molar refractivity (Wildman–Crippen MR) is 78.7 cm³/mol. The lowest BCUT2D eigenvalue weighted by Gasteiger charge is -2.34. The van der Waals surface area contributed by atoms with Crippen LogP contribution in [-0.2, 0) is 0 Å². The average Bonchev–Trinajstić information content (AvgIpc) is 2.93. The zero-order valence-electron chi connectivity index (χ0n) is 11.5. The van der Waals surface area contributed by atoms with E-state index in [1.807, 2.05) is 6.20 Å². The molecule has 0 saturated carbocycles. The maximum atomic E-state index is 4.37. The number of anilines is 1. The van der Waals surface area contributed by atoms with Crippen molar-refractivity contribution >= 4 is 11.5 Å². The zero-order valence-corrected chi connectivity index (χ0v) is 11.5. The summed E-state index contributed by atoms with van der Waals surface area (Å²) in [5.74, 6) is 2.03. The van der Waals surface area contributed by atoms with E-state index in [9.17, 15) is 0 Å². The number of pyridine rings is 1. The maximum Gasteiger partial charge on any atom is 0.138 e. The summed E-state index contributed by atoms with van der Waals surface area (Å²) >= 11 is 0. The molecule has 1 saturated heterocycles. The SMILES string of the molecule is CCNCC1CCCN(c2cccc3nccn23)C1. The van der Waals surface area contributed by atoms with Crippen molar-refractivity contribution in [1.82, 2.24) is 14.7 Å². The van der Waals surface area contributed by atoms with Gasteiger partial charge in [0.15, 0.2) is 0 Å². The number of imidazole rings is 1. The number of fused-ring (bicyclic) bond motifs is 1. The molecule has 1 fully saturated rings. The Morgan fingerprint density at radius 3 is 3.26 bits per heavy atom. The second kappa shape index (κ2) is 5.61. The van der Waals surface area contributed by atoms with Crippen molar-refractivity contribution in [2.24, 2.45) is 5.92 Å². The van der Waals surface area contributed by atoms with Crippen LogP contribution < -0.4 is 10.2 Å². The smallest absolute Gasteiger partial charge is 0.138 e. The lowest BCUT2D eigenvalue weighted by molar-refractivity contribution is 0.393. The molecule has 4 heteroatoms. The minimum atomic E-state index is 0.757. The van der Waals surface area contributed by atoms with E-state index < -0.39 is 0 Å². The third-order valence-electron chi connectivity index (χ3n) is 3.93. The Bertz CT molecular complexity index is 534. The Morgan fingerprint density at radius 2 is 2.37 bits per heavy atom. The number of rotatable bonds is 4. The Hall–Kier alpha value is -1.55. The molecule has 0 aliphatic carbocycles. The summed E-state index contributed by atoms with van der Waals surface area (Å²) in [7, 11) is 0. The van der Waals surface area contributed by atoms with E-state index >= 15 is 0 Å². The van der Waals surface area contributed by atoms with Crippen LogP contribution in [-0.4, -0.2) is 35.6 Å². The molecule has 0 amide bonds. The van der Waals surface area contributed by atoms with Gasteiger partial charge in [0.05, 0.1) is 0 Å². The Kier molecular flexibility index (Phi) is 3.69. The predicted octanol–water partition coefficient (Wildman–Crippen LogP) is 2.16. The molecule has 4 nitrogen and oxygen atoms in total. The number of aromatic nitrogens is 2. The molecule has 0 spiro atoms. The molecule has 0 radical (unpaired) electrons. The molecule has 19 heavy (non-hydrogen) atoms. The molecule has 3 heterocycles. The van der Waals surface area contributed by atoms with Crippen LogP contribution in [0.5, 0.6) is 0 Å². The zero-order chi connectivity index (χ0) is 13.1. The van der Waals surface area contributed by atoms with E-state index in [0.29, 0.717) is 0 Å². The molecule has 0 bridgehead atoms. The van der Waals surface area contributed by atoms with E-state index in [-0.39, 0.29) is 0 Å². The molecule has 0 aromatic carbocycles. The summed E-state index contributed by atoms with van der Waals surface area (Å²) in [6.07, 6.45) is 6.54. The van der Waals surface area contributed by atoms with Gasteiger partial charge in [-0.15, -0.1) is 0 Å². The summed E-state index contributed by atoms with van der Waals surface area (Å²) in [6.45, 7) is 6.66. The first kappa shape index (κ1) is 12.5. The average molecular weight is 258 g/mol. The summed E-state index contributed by atoms with van der Waals surface area (Å²) in [6, 6.07) is 6.36. The molecule has 102 valence electrons. The van der Waals surface area contributed by atoms with Crippen molar-refractivity contribution in [3.05, 3.63) is 30.6 Å². The minimum absolute atomic E-state index is 0.757. The van der Waals surface area contributed by atoms with Gasteiger partial charge < -0.3 is 10.2 Å². The number of nitrogens with one attached hydrogen (secondary N) is 1. The van der Waals surface area contributed by atoms with Gasteiger partial charge in [-0.25, -0.2) is 4.98 Å². The molecule has 3 rings (SSSR count). The number of hydrogen-bond acceptors (Lipinski definition) is 3. The molecule has 1 aliphatic heterocycles. The highest BCUT2D eigenvalue weighted by atomic mass is 15.2. The molecular formula is C15H22N4. The summed E-state index contributed by atoms with van der Waals surface area (Å²) in [5, 5.41) is 3.48. The van der Waals surface area contributed by atoms with Gasteiger partial charge >= 0.3 is 0 Å². The highest BCUT2D eigenvalue weighted by Gasteiger charge is 2.21. The molecule has 1 aliphatic rings. The lowest BCUT2D eigenvalue weighted by Crippen LogP contribution is -2.40. The van der Waals surface area contributed by atoms with Gasteiger partial charge in [0.2, 0.25) is 0 Å². The van der Waals surface area contributed by atoms with E-state index in [2.05, 4.69) is 50.9 Å². The molecular weight excluding hydrogens is 236 g/mol. The van der Waals surface area contributed by atoms with Crippen LogP contribution in [0, 0.1) is 5.92 Å². The normalized spacial score (nSPS) is 20.1. The van der Waals surface area contributed by atoms with Crippen molar-refractivity contribution in [1.29, 1.82) is 0 Å². The van der Waals surface area contributed by atoms with Gasteiger partial charge in [-0.3, -0.25) is 4.40 Å². The van der Waals surface area contributed by atoms with Gasteiger partial charge in [-0.1, -0.05) is 13.0 Å². The molecule has 2 aromatic rings. The third kappa shape index (κ3) is 2.59. The molecule has 1 N–H and O–H groups in total. The maximum absolute atomic E-state index is 4.37. The van der Waals surface area contributed by atoms with Gasteiger partial charge in [-0.2, -0.15) is 0 Å². The summed E-state index contributed by atoms with van der Waals surface area (Å²) in [5.41, 5.74) is 1.03. The first-order chi connectivity index (χ1) is 9.38. The fraction of sp³-hybridized carbons (Fsp3) is 0.533. The van der Waals surface area contributed by atoms with Crippen LogP contribution in [0.3, 0.4) is 0 Å². The van der Waals surface area contributed by atoms with Gasteiger partial charge in [0.1, 0.15) is 11.5 Å². The van der Waals surface area contributed by atoms with E-state index in [1.54, 1.807) is 0 Å². The monoisotopic (exact) mass is 258 g/mol. The first-order valence-electron chi connectivity index (χ1n) is 7.26. The van der Waals surface area contributed by atoms with Gasteiger partial charge in [-0.05, 0) is 44.0 Å². The van der Waals surface area contributed by atoms with Crippen LogP contribution >= 0.6 is 0 Å². The number of nitrogens with zero attached hydrogens (tertiary/aromatic N) is 3. The van der Waals surface area contributed by atoms with Gasteiger partial charge in [0.25, 0.3) is 0 Å². The third-order valence-corrected chi connectivity index (χ3v) is 3.93. The van der Waals surface area contributed by atoms with Crippen molar-refractivity contribution in [3.63, 3.8) is 0 Å². The Morgan fingerprint density at radius 1 is 1.42 bits per heavy atom. The first-order valence-corrected chi connectivity index (χ1v) is 7.26. The van der Waals surface area contributed by atoms with Gasteiger partial charge in [0, 0.05) is 25.5 Å². The highest BCUT2D eigenvalue weighted by Crippen LogP contribution is 2.23. The second-order valence-corrected chi connectivity index (χ2v) is 5.30. The molecule has 2 aromatic heterocycles. The van der Waals surface area contributed by atoms with Crippen LogP contribution in [0.2, 0.25) is 0 Å². The highest BCUT2D eigenvalue weighted by molar-refractivity contribution is 5.51. The van der Waals surface area contributed by atoms with E-state index in [4.69, 9.17) is 0 Å². The minimum Gasteiger partial charge on any atom is -0.357 e.